The quantitative estimate of drug-likeness (QED) is 0.184. The number of carbonyl (C=O) groups is 2. The second kappa shape index (κ2) is 12.3. The minimum Gasteiger partial charge on any atom is -0.463 e. The molecular formula is C35H35NO7S. The molecular weight excluding hydrogens is 578 g/mol. The average Bonchev–Trinajstić information content (AvgIpc) is 3.29. The highest BCUT2D eigenvalue weighted by Crippen LogP contribution is 2.44. The number of esters is 2. The molecule has 0 radical (unpaired) electrons. The summed E-state index contributed by atoms with van der Waals surface area (Å²) in [6.07, 6.45) is 0. The fourth-order valence-electron chi connectivity index (χ4n) is 5.33. The number of aryl methyl sites for hydroxylation is 1. The molecule has 2 unspecified atom stereocenters. The number of benzene rings is 4. The van der Waals surface area contributed by atoms with E-state index in [0.29, 0.717) is 0 Å². The van der Waals surface area contributed by atoms with Gasteiger partial charge in [-0.05, 0) is 79.8 Å². The third-order valence-corrected chi connectivity index (χ3v) is 8.64. The molecule has 0 heterocycles. The first kappa shape index (κ1) is 31.0. The Balaban J connectivity index is 1.39. The van der Waals surface area contributed by atoms with Gasteiger partial charge in [0.05, 0.1) is 0 Å². The van der Waals surface area contributed by atoms with Gasteiger partial charge >= 0.3 is 22.1 Å². The molecule has 0 aliphatic heterocycles. The Bertz CT molecular complexity index is 1750. The van der Waals surface area contributed by atoms with E-state index in [9.17, 15) is 18.0 Å². The van der Waals surface area contributed by atoms with Crippen LogP contribution in [0.4, 0.5) is 0 Å². The summed E-state index contributed by atoms with van der Waals surface area (Å²) in [5.74, 6) is -3.08. The van der Waals surface area contributed by atoms with Gasteiger partial charge in [-0.25, -0.2) is 0 Å². The molecule has 2 atom stereocenters. The molecule has 228 valence electrons. The molecule has 1 aliphatic carbocycles. The fourth-order valence-corrected chi connectivity index (χ4v) is 6.25. The zero-order valence-corrected chi connectivity index (χ0v) is 25.8. The van der Waals surface area contributed by atoms with E-state index in [-0.39, 0.29) is 28.7 Å². The normalized spacial score (nSPS) is 14.2. The Morgan fingerprint density at radius 2 is 1.41 bits per heavy atom. The Morgan fingerprint density at radius 1 is 0.818 bits per heavy atom. The average molecular weight is 614 g/mol. The Morgan fingerprint density at radius 3 is 2.00 bits per heavy atom. The van der Waals surface area contributed by atoms with Gasteiger partial charge in [0.2, 0.25) is 0 Å². The molecule has 0 fully saturated rings. The van der Waals surface area contributed by atoms with Crippen molar-refractivity contribution >= 4 is 22.1 Å². The Kier molecular flexibility index (Phi) is 8.63. The van der Waals surface area contributed by atoms with Crippen molar-refractivity contribution in [1.29, 1.82) is 0 Å². The zero-order chi connectivity index (χ0) is 31.6. The summed E-state index contributed by atoms with van der Waals surface area (Å²) in [6.45, 7) is 6.98. The highest BCUT2D eigenvalue weighted by atomic mass is 32.2. The summed E-state index contributed by atoms with van der Waals surface area (Å²) in [5, 5.41) is 0. The van der Waals surface area contributed by atoms with Gasteiger partial charge in [0.15, 0.2) is 0 Å². The zero-order valence-electron chi connectivity index (χ0n) is 25.0. The number of hydrogen-bond acceptors (Lipinski definition) is 8. The molecule has 44 heavy (non-hydrogen) atoms. The molecule has 0 spiro atoms. The van der Waals surface area contributed by atoms with Crippen LogP contribution < -0.4 is 9.92 Å². The van der Waals surface area contributed by atoms with Gasteiger partial charge in [-0.1, -0.05) is 78.4 Å². The standard InChI is InChI=1S/C35H35NO7S/c1-22-16-18-25(19-17-22)44(39,40)43-24-11-9-10-23(20-24)31(33(37)42-35(2,3)4)32(36)34(38)41-21-30-28-14-7-5-12-26(28)27-13-6-8-15-29(27)30/h5-20,30-32H,21,36H2,1-4H3. The number of hydrogen-bond donors (Lipinski definition) is 1. The van der Waals surface area contributed by atoms with Crippen LogP contribution in [0.2, 0.25) is 0 Å². The van der Waals surface area contributed by atoms with Gasteiger partial charge in [-0.2, -0.15) is 8.42 Å². The first-order chi connectivity index (χ1) is 20.8. The predicted molar refractivity (Wildman–Crippen MR) is 167 cm³/mol. The second-order valence-corrected chi connectivity index (χ2v) is 13.4. The SMILES string of the molecule is Cc1ccc(S(=O)(=O)Oc2cccc(C(C(=O)OC(C)(C)C)C(N)C(=O)OCC3c4ccccc4-c4ccccc43)c2)cc1. The van der Waals surface area contributed by atoms with Crippen molar-refractivity contribution in [3.05, 3.63) is 119 Å². The van der Waals surface area contributed by atoms with Crippen LogP contribution in [0.3, 0.4) is 0 Å². The highest BCUT2D eigenvalue weighted by Gasteiger charge is 2.38. The summed E-state index contributed by atoms with van der Waals surface area (Å²) in [6, 6.07) is 26.6. The predicted octanol–water partition coefficient (Wildman–Crippen LogP) is 5.87. The lowest BCUT2D eigenvalue weighted by atomic mass is 9.91. The van der Waals surface area contributed by atoms with E-state index in [2.05, 4.69) is 0 Å². The monoisotopic (exact) mass is 613 g/mol. The van der Waals surface area contributed by atoms with Crippen LogP contribution in [-0.4, -0.2) is 38.6 Å². The van der Waals surface area contributed by atoms with E-state index < -0.39 is 39.6 Å². The Hall–Kier alpha value is -4.47. The van der Waals surface area contributed by atoms with Gasteiger partial charge in [0.25, 0.3) is 0 Å². The summed E-state index contributed by atoms with van der Waals surface area (Å²) in [5.41, 5.74) is 10.9. The smallest absolute Gasteiger partial charge is 0.339 e. The van der Waals surface area contributed by atoms with E-state index in [4.69, 9.17) is 19.4 Å². The lowest BCUT2D eigenvalue weighted by Gasteiger charge is -2.27. The van der Waals surface area contributed by atoms with Crippen molar-refractivity contribution in [1.82, 2.24) is 0 Å². The second-order valence-electron chi connectivity index (χ2n) is 11.8. The minimum absolute atomic E-state index is 0.0208. The third kappa shape index (κ3) is 6.69. The molecule has 0 amide bonds. The maximum atomic E-state index is 13.5. The van der Waals surface area contributed by atoms with Crippen molar-refractivity contribution in [2.45, 2.75) is 56.1 Å². The van der Waals surface area contributed by atoms with Crippen molar-refractivity contribution in [3.63, 3.8) is 0 Å². The van der Waals surface area contributed by atoms with E-state index in [1.54, 1.807) is 39.0 Å². The van der Waals surface area contributed by atoms with E-state index in [1.165, 1.54) is 30.3 Å². The molecule has 4 aromatic carbocycles. The molecule has 4 aromatic rings. The molecule has 2 N–H and O–H groups in total. The third-order valence-electron chi connectivity index (χ3n) is 7.38. The van der Waals surface area contributed by atoms with Crippen LogP contribution in [-0.2, 0) is 29.2 Å². The van der Waals surface area contributed by atoms with Crippen molar-refractivity contribution in [2.24, 2.45) is 5.73 Å². The van der Waals surface area contributed by atoms with Gasteiger partial charge in [-0.15, -0.1) is 0 Å². The fraction of sp³-hybridized carbons (Fsp3) is 0.257. The first-order valence-electron chi connectivity index (χ1n) is 14.3. The molecule has 0 saturated heterocycles. The van der Waals surface area contributed by atoms with Crippen LogP contribution >= 0.6 is 0 Å². The van der Waals surface area contributed by atoms with Crippen molar-refractivity contribution in [3.8, 4) is 16.9 Å². The molecule has 1 aliphatic rings. The number of carbonyl (C=O) groups excluding carboxylic acids is 2. The summed E-state index contributed by atoms with van der Waals surface area (Å²) in [7, 11) is -4.16. The van der Waals surface area contributed by atoms with Crippen LogP contribution in [0.15, 0.2) is 102 Å². The van der Waals surface area contributed by atoms with Crippen LogP contribution in [0.5, 0.6) is 5.75 Å². The van der Waals surface area contributed by atoms with Crippen molar-refractivity contribution in [2.75, 3.05) is 6.61 Å². The number of rotatable bonds is 9. The molecule has 5 rings (SSSR count). The van der Waals surface area contributed by atoms with Gasteiger partial charge < -0.3 is 19.4 Å². The molecule has 8 nitrogen and oxygen atoms in total. The Labute approximate surface area is 257 Å². The van der Waals surface area contributed by atoms with E-state index in [0.717, 1.165) is 27.8 Å². The molecule has 0 bridgehead atoms. The summed E-state index contributed by atoms with van der Waals surface area (Å²) in [4.78, 5) is 26.9. The maximum absolute atomic E-state index is 13.5. The molecule has 0 aromatic heterocycles. The number of nitrogens with two attached hydrogens (primary N) is 1. The number of fused-ring (bicyclic) bond motifs is 3. The van der Waals surface area contributed by atoms with E-state index in [1.807, 2.05) is 55.5 Å². The first-order valence-corrected chi connectivity index (χ1v) is 15.7. The topological polar surface area (TPSA) is 122 Å². The van der Waals surface area contributed by atoms with Crippen molar-refractivity contribution < 1.29 is 31.7 Å². The van der Waals surface area contributed by atoms with Crippen LogP contribution in [0, 0.1) is 6.92 Å². The van der Waals surface area contributed by atoms with Crippen LogP contribution in [0.1, 0.15) is 54.9 Å². The molecule has 0 saturated carbocycles. The van der Waals surface area contributed by atoms with Crippen LogP contribution in [0.25, 0.3) is 11.1 Å². The van der Waals surface area contributed by atoms with Gasteiger partial charge in [-0.3, -0.25) is 9.59 Å². The summed E-state index contributed by atoms with van der Waals surface area (Å²) < 4.78 is 42.6. The minimum atomic E-state index is -4.16. The molecule has 9 heteroatoms. The lowest BCUT2D eigenvalue weighted by molar-refractivity contribution is -0.161. The highest BCUT2D eigenvalue weighted by molar-refractivity contribution is 7.87. The maximum Gasteiger partial charge on any atom is 0.339 e. The van der Waals surface area contributed by atoms with E-state index >= 15 is 0 Å². The summed E-state index contributed by atoms with van der Waals surface area (Å²) >= 11 is 0. The van der Waals surface area contributed by atoms with Gasteiger partial charge in [0.1, 0.15) is 34.8 Å². The lowest BCUT2D eigenvalue weighted by Crippen LogP contribution is -2.44. The number of ether oxygens (including phenoxy) is 2. The largest absolute Gasteiger partial charge is 0.463 e. The van der Waals surface area contributed by atoms with Gasteiger partial charge in [0, 0.05) is 5.92 Å².